The van der Waals surface area contributed by atoms with Crippen molar-refractivity contribution < 1.29 is 22.7 Å². The molecule has 4 aromatic rings. The third kappa shape index (κ3) is 9.26. The Morgan fingerprint density at radius 1 is 0.933 bits per heavy atom. The fourth-order valence-corrected chi connectivity index (χ4v) is 5.19. The molecular formula is C34H37F3N6O2. The number of ether oxygens (including phenoxy) is 1. The molecule has 0 amide bonds. The highest BCUT2D eigenvalue weighted by Crippen LogP contribution is 2.26. The number of alkyl halides is 3. The quantitative estimate of drug-likeness (QED) is 0.210. The van der Waals surface area contributed by atoms with Crippen LogP contribution in [0.5, 0.6) is 5.75 Å². The highest BCUT2D eigenvalue weighted by Gasteiger charge is 2.31. The van der Waals surface area contributed by atoms with Gasteiger partial charge in [0.1, 0.15) is 17.4 Å². The molecule has 3 aromatic carbocycles. The molecule has 0 atom stereocenters. The number of ketones is 1. The van der Waals surface area contributed by atoms with Crippen LogP contribution < -0.4 is 15.0 Å². The number of aryl methyl sites for hydroxylation is 1. The van der Waals surface area contributed by atoms with Crippen LogP contribution in [0.15, 0.2) is 79.0 Å². The SMILES string of the molecule is Cc1ccc(Nc2nccc(N(C)c3ccc(CC(=O)Cc4ccc(OC(F)(F)F)cc4)cc3)n2)cc1CN1CCN(C)CC1. The van der Waals surface area contributed by atoms with Crippen molar-refractivity contribution in [3.05, 3.63) is 101 Å². The third-order valence-corrected chi connectivity index (χ3v) is 7.86. The van der Waals surface area contributed by atoms with Crippen LogP contribution >= 0.6 is 0 Å². The molecule has 1 aliphatic rings. The molecule has 0 spiro atoms. The molecule has 8 nitrogen and oxygen atoms in total. The van der Waals surface area contributed by atoms with Crippen molar-refractivity contribution >= 4 is 28.9 Å². The number of hydrogen-bond acceptors (Lipinski definition) is 8. The summed E-state index contributed by atoms with van der Waals surface area (Å²) in [6.45, 7) is 7.33. The first kappa shape index (κ1) is 31.9. The molecule has 1 aromatic heterocycles. The number of carbonyl (C=O) groups excluding carboxylic acids is 1. The number of Topliss-reactive ketones (excluding diaryl/α,β-unsaturated/α-hetero) is 1. The average Bonchev–Trinajstić information content (AvgIpc) is 3.00. The summed E-state index contributed by atoms with van der Waals surface area (Å²) in [4.78, 5) is 28.6. The molecule has 1 N–H and O–H groups in total. The van der Waals surface area contributed by atoms with Crippen molar-refractivity contribution in [2.24, 2.45) is 0 Å². The lowest BCUT2D eigenvalue weighted by Crippen LogP contribution is -2.43. The fraction of sp³-hybridized carbons (Fsp3) is 0.324. The second kappa shape index (κ2) is 14.1. The summed E-state index contributed by atoms with van der Waals surface area (Å²) in [5.74, 6) is 0.842. The topological polar surface area (TPSA) is 73.8 Å². The lowest BCUT2D eigenvalue weighted by Gasteiger charge is -2.32. The molecule has 1 aliphatic heterocycles. The molecule has 45 heavy (non-hydrogen) atoms. The molecule has 0 bridgehead atoms. The molecule has 1 fully saturated rings. The lowest BCUT2D eigenvalue weighted by molar-refractivity contribution is -0.274. The van der Waals surface area contributed by atoms with Crippen LogP contribution in [0.4, 0.5) is 36.3 Å². The van der Waals surface area contributed by atoms with E-state index in [0.717, 1.165) is 49.7 Å². The summed E-state index contributed by atoms with van der Waals surface area (Å²) in [5, 5.41) is 3.36. The number of piperazine rings is 1. The largest absolute Gasteiger partial charge is 0.573 e. The van der Waals surface area contributed by atoms with Gasteiger partial charge in [0.15, 0.2) is 0 Å². The second-order valence-electron chi connectivity index (χ2n) is 11.4. The van der Waals surface area contributed by atoms with Gasteiger partial charge < -0.3 is 19.9 Å². The van der Waals surface area contributed by atoms with Crippen LogP contribution in [0.1, 0.15) is 22.3 Å². The molecule has 1 saturated heterocycles. The van der Waals surface area contributed by atoms with Gasteiger partial charge in [-0.3, -0.25) is 9.69 Å². The van der Waals surface area contributed by atoms with Crippen molar-refractivity contribution in [3.8, 4) is 5.75 Å². The van der Waals surface area contributed by atoms with Gasteiger partial charge in [0.2, 0.25) is 5.95 Å². The summed E-state index contributed by atoms with van der Waals surface area (Å²) < 4.78 is 41.0. The summed E-state index contributed by atoms with van der Waals surface area (Å²) >= 11 is 0. The normalized spacial score (nSPS) is 14.3. The summed E-state index contributed by atoms with van der Waals surface area (Å²) in [6.07, 6.45) is -2.71. The molecule has 0 unspecified atom stereocenters. The maximum absolute atomic E-state index is 12.6. The number of carbonyl (C=O) groups is 1. The van der Waals surface area contributed by atoms with E-state index in [4.69, 9.17) is 4.98 Å². The van der Waals surface area contributed by atoms with Gasteiger partial charge in [-0.1, -0.05) is 30.3 Å². The highest BCUT2D eigenvalue weighted by atomic mass is 19.4. The van der Waals surface area contributed by atoms with Crippen molar-refractivity contribution in [2.75, 3.05) is 50.5 Å². The number of halogens is 3. The third-order valence-electron chi connectivity index (χ3n) is 7.86. The van der Waals surface area contributed by atoms with E-state index in [2.05, 4.69) is 50.9 Å². The standard InChI is InChI=1S/C34H37F3N6O2/c1-24-4-9-28(22-27(24)23-43-18-16-41(2)17-19-43)39-33-38-15-14-32(40-33)42(3)29-10-5-25(6-11-29)20-30(44)21-26-7-12-31(13-8-26)45-34(35,36)37/h4-15,22H,16-21,23H2,1-3H3,(H,38,39,40). The van der Waals surface area contributed by atoms with Crippen molar-refractivity contribution in [3.63, 3.8) is 0 Å². The summed E-state index contributed by atoms with van der Waals surface area (Å²) in [5.41, 5.74) is 5.82. The monoisotopic (exact) mass is 618 g/mol. The molecule has 0 aliphatic carbocycles. The Hall–Kier alpha value is -4.48. The Morgan fingerprint density at radius 3 is 2.22 bits per heavy atom. The minimum absolute atomic E-state index is 0.0464. The number of nitrogens with zero attached hydrogens (tertiary/aromatic N) is 5. The van der Waals surface area contributed by atoms with Crippen LogP contribution in [-0.4, -0.2) is 72.2 Å². The van der Waals surface area contributed by atoms with Crippen LogP contribution in [0, 0.1) is 6.92 Å². The van der Waals surface area contributed by atoms with Gasteiger partial charge in [-0.05, 0) is 78.7 Å². The Morgan fingerprint density at radius 2 is 1.58 bits per heavy atom. The second-order valence-corrected chi connectivity index (χ2v) is 11.4. The maximum Gasteiger partial charge on any atom is 0.573 e. The van der Waals surface area contributed by atoms with E-state index in [1.807, 2.05) is 48.3 Å². The van der Waals surface area contributed by atoms with Gasteiger partial charge in [0.05, 0.1) is 0 Å². The number of hydrogen-bond donors (Lipinski definition) is 1. The number of benzene rings is 3. The first-order valence-corrected chi connectivity index (χ1v) is 14.8. The van der Waals surface area contributed by atoms with Gasteiger partial charge in [-0.25, -0.2) is 4.98 Å². The Labute approximate surface area is 261 Å². The van der Waals surface area contributed by atoms with E-state index >= 15 is 0 Å². The van der Waals surface area contributed by atoms with Gasteiger partial charge >= 0.3 is 6.36 Å². The minimum atomic E-state index is -4.75. The van der Waals surface area contributed by atoms with E-state index in [1.54, 1.807) is 6.20 Å². The fourth-order valence-electron chi connectivity index (χ4n) is 5.19. The molecule has 2 heterocycles. The van der Waals surface area contributed by atoms with Crippen LogP contribution in [0.2, 0.25) is 0 Å². The maximum atomic E-state index is 12.6. The summed E-state index contributed by atoms with van der Waals surface area (Å²) in [6, 6.07) is 21.1. The van der Waals surface area contributed by atoms with Crippen molar-refractivity contribution in [1.82, 2.24) is 19.8 Å². The number of aromatic nitrogens is 2. The molecule has 11 heteroatoms. The summed E-state index contributed by atoms with van der Waals surface area (Å²) in [7, 11) is 4.08. The number of rotatable bonds is 11. The zero-order chi connectivity index (χ0) is 32.0. The Balaban J connectivity index is 1.17. The minimum Gasteiger partial charge on any atom is -0.406 e. The average molecular weight is 619 g/mol. The van der Waals surface area contributed by atoms with Gasteiger partial charge in [-0.15, -0.1) is 13.2 Å². The van der Waals surface area contributed by atoms with Crippen LogP contribution in [-0.2, 0) is 24.2 Å². The molecule has 0 radical (unpaired) electrons. The van der Waals surface area contributed by atoms with Crippen LogP contribution in [0.3, 0.4) is 0 Å². The van der Waals surface area contributed by atoms with E-state index in [9.17, 15) is 18.0 Å². The van der Waals surface area contributed by atoms with E-state index in [0.29, 0.717) is 17.3 Å². The zero-order valence-corrected chi connectivity index (χ0v) is 25.6. The lowest BCUT2D eigenvalue weighted by atomic mass is 10.0. The molecule has 236 valence electrons. The Kier molecular flexibility index (Phi) is 9.99. The first-order chi connectivity index (χ1) is 21.5. The van der Waals surface area contributed by atoms with E-state index in [-0.39, 0.29) is 24.4 Å². The van der Waals surface area contributed by atoms with Crippen molar-refractivity contribution in [1.29, 1.82) is 0 Å². The zero-order valence-electron chi connectivity index (χ0n) is 25.6. The van der Waals surface area contributed by atoms with Gasteiger partial charge in [-0.2, -0.15) is 4.98 Å². The number of likely N-dealkylation sites (N-methyl/N-ethyl adjacent to an activating group) is 1. The predicted octanol–water partition coefficient (Wildman–Crippen LogP) is 6.30. The van der Waals surface area contributed by atoms with Gasteiger partial charge in [0.25, 0.3) is 0 Å². The molecule has 0 saturated carbocycles. The van der Waals surface area contributed by atoms with Crippen LogP contribution in [0.25, 0.3) is 0 Å². The van der Waals surface area contributed by atoms with E-state index < -0.39 is 6.36 Å². The first-order valence-electron chi connectivity index (χ1n) is 14.8. The van der Waals surface area contributed by atoms with Crippen molar-refractivity contribution in [2.45, 2.75) is 32.7 Å². The number of nitrogens with one attached hydrogen (secondary N) is 1. The highest BCUT2D eigenvalue weighted by molar-refractivity contribution is 5.83. The number of anilines is 4. The smallest absolute Gasteiger partial charge is 0.406 e. The van der Waals surface area contributed by atoms with E-state index in [1.165, 1.54) is 35.4 Å². The Bertz CT molecular complexity index is 1590. The van der Waals surface area contributed by atoms with Gasteiger partial charge in [0, 0.05) is 70.2 Å². The predicted molar refractivity (Wildman–Crippen MR) is 169 cm³/mol. The molecular weight excluding hydrogens is 581 g/mol. The molecule has 5 rings (SSSR count).